The molecule has 1 aliphatic carbocycles. The average molecular weight is 351 g/mol. The minimum absolute atomic E-state index is 0.0396. The van der Waals surface area contributed by atoms with Gasteiger partial charge in [-0.05, 0) is 60.2 Å². The van der Waals surface area contributed by atoms with Crippen molar-refractivity contribution in [3.05, 3.63) is 43.5 Å². The molecule has 0 saturated carbocycles. The van der Waals surface area contributed by atoms with Crippen LogP contribution in [0.15, 0.2) is 16.6 Å². The molecule has 6 nitrogen and oxygen atoms in total. The monoisotopic (exact) mass is 350 g/mol. The molecule has 0 atom stereocenters. The molecule has 1 heterocycles. The Labute approximate surface area is 130 Å². The Morgan fingerprint density at radius 3 is 2.81 bits per heavy atom. The minimum Gasteiger partial charge on any atom is -0.382 e. The average Bonchev–Trinajstić information content (AvgIpc) is 2.76. The summed E-state index contributed by atoms with van der Waals surface area (Å²) in [4.78, 5) is 11.0. The van der Waals surface area contributed by atoms with Gasteiger partial charge >= 0.3 is 0 Å². The molecule has 0 bridgehead atoms. The van der Waals surface area contributed by atoms with Gasteiger partial charge in [0.25, 0.3) is 5.69 Å². The highest BCUT2D eigenvalue weighted by Crippen LogP contribution is 2.36. The van der Waals surface area contributed by atoms with Gasteiger partial charge in [-0.1, -0.05) is 0 Å². The first-order valence-electron chi connectivity index (χ1n) is 6.80. The lowest BCUT2D eigenvalue weighted by atomic mass is 9.97. The van der Waals surface area contributed by atoms with Gasteiger partial charge in [-0.2, -0.15) is 0 Å². The van der Waals surface area contributed by atoms with E-state index in [0.717, 1.165) is 42.5 Å². The summed E-state index contributed by atoms with van der Waals surface area (Å²) >= 11 is 3.43. The van der Waals surface area contributed by atoms with Gasteiger partial charge in [0.2, 0.25) is 0 Å². The molecule has 0 unspecified atom stereocenters. The molecule has 1 aromatic heterocycles. The molecule has 2 aromatic rings. The van der Waals surface area contributed by atoms with E-state index in [0.29, 0.717) is 16.0 Å². The number of aryl methyl sites for hydroxylation is 1. The summed E-state index contributed by atoms with van der Waals surface area (Å²) < 4.78 is 2.30. The van der Waals surface area contributed by atoms with Gasteiger partial charge in [0.05, 0.1) is 9.40 Å². The molecule has 2 N–H and O–H groups in total. The number of nitrogens with zero attached hydrogens (tertiary/aromatic N) is 3. The van der Waals surface area contributed by atoms with Crippen LogP contribution >= 0.6 is 15.9 Å². The largest absolute Gasteiger partial charge is 0.382 e. The van der Waals surface area contributed by atoms with Crippen molar-refractivity contribution in [3.8, 4) is 5.69 Å². The van der Waals surface area contributed by atoms with Crippen LogP contribution in [0.3, 0.4) is 0 Å². The molecule has 7 heteroatoms. The highest BCUT2D eigenvalue weighted by Gasteiger charge is 2.26. The predicted octanol–water partition coefficient (Wildman–Crippen LogP) is 3.31. The van der Waals surface area contributed by atoms with Crippen molar-refractivity contribution in [1.82, 2.24) is 9.78 Å². The van der Waals surface area contributed by atoms with Gasteiger partial charge in [0.1, 0.15) is 5.82 Å². The summed E-state index contributed by atoms with van der Waals surface area (Å²) in [5.74, 6) is 0.478. The second-order valence-electron chi connectivity index (χ2n) is 5.30. The SMILES string of the molecule is Cc1cc(Br)c(-n2nc(N)c3c2CCCC3)c([N+](=O)[O-])c1. The van der Waals surface area contributed by atoms with Gasteiger partial charge in [-0.25, -0.2) is 4.68 Å². The zero-order chi connectivity index (χ0) is 15.1. The Kier molecular flexibility index (Phi) is 3.44. The molecule has 0 amide bonds. The van der Waals surface area contributed by atoms with Crippen LogP contribution in [0.4, 0.5) is 11.5 Å². The van der Waals surface area contributed by atoms with Crippen LogP contribution in [0.5, 0.6) is 0 Å². The first kappa shape index (κ1) is 14.1. The lowest BCUT2D eigenvalue weighted by molar-refractivity contribution is -0.384. The summed E-state index contributed by atoms with van der Waals surface area (Å²) in [7, 11) is 0. The normalized spacial score (nSPS) is 14.0. The van der Waals surface area contributed by atoms with Crippen LogP contribution in [0.25, 0.3) is 5.69 Å². The highest BCUT2D eigenvalue weighted by atomic mass is 79.9. The number of nitrogens with two attached hydrogens (primary N) is 1. The number of halogens is 1. The summed E-state index contributed by atoms with van der Waals surface area (Å²) in [5, 5.41) is 15.7. The molecule has 0 spiro atoms. The number of nitrogen functional groups attached to an aromatic ring is 1. The van der Waals surface area contributed by atoms with E-state index in [4.69, 9.17) is 5.73 Å². The van der Waals surface area contributed by atoms with E-state index in [1.807, 2.05) is 13.0 Å². The molecule has 0 fully saturated rings. The van der Waals surface area contributed by atoms with Crippen molar-refractivity contribution in [1.29, 1.82) is 0 Å². The second kappa shape index (κ2) is 5.14. The lowest BCUT2D eigenvalue weighted by Gasteiger charge is -2.15. The van der Waals surface area contributed by atoms with E-state index in [9.17, 15) is 10.1 Å². The topological polar surface area (TPSA) is 87.0 Å². The van der Waals surface area contributed by atoms with Crippen molar-refractivity contribution in [2.24, 2.45) is 0 Å². The first-order valence-corrected chi connectivity index (χ1v) is 7.59. The number of hydrogen-bond donors (Lipinski definition) is 1. The number of benzene rings is 1. The van der Waals surface area contributed by atoms with Crippen molar-refractivity contribution in [3.63, 3.8) is 0 Å². The van der Waals surface area contributed by atoms with Crippen LogP contribution in [0.1, 0.15) is 29.7 Å². The number of anilines is 1. The molecule has 1 aliphatic rings. The fourth-order valence-electron chi connectivity index (χ4n) is 2.88. The molecule has 0 aliphatic heterocycles. The van der Waals surface area contributed by atoms with Crippen molar-refractivity contribution < 1.29 is 4.92 Å². The Bertz CT molecular complexity index is 739. The smallest absolute Gasteiger partial charge is 0.296 e. The van der Waals surface area contributed by atoms with Gasteiger partial charge < -0.3 is 5.73 Å². The van der Waals surface area contributed by atoms with Crippen LogP contribution in [-0.2, 0) is 12.8 Å². The molecular formula is C14H15BrN4O2. The zero-order valence-corrected chi connectivity index (χ0v) is 13.2. The molecule has 1 aromatic carbocycles. The molecule has 3 rings (SSSR count). The summed E-state index contributed by atoms with van der Waals surface area (Å²) in [6, 6.07) is 3.42. The Balaban J connectivity index is 2.28. The highest BCUT2D eigenvalue weighted by molar-refractivity contribution is 9.10. The number of hydrogen-bond acceptors (Lipinski definition) is 4. The minimum atomic E-state index is -0.375. The Morgan fingerprint density at radius 1 is 1.38 bits per heavy atom. The number of rotatable bonds is 2. The van der Waals surface area contributed by atoms with Gasteiger partial charge in [-0.15, -0.1) is 5.10 Å². The number of aromatic nitrogens is 2. The van der Waals surface area contributed by atoms with Crippen molar-refractivity contribution >= 4 is 27.4 Å². The van der Waals surface area contributed by atoms with E-state index in [2.05, 4.69) is 21.0 Å². The second-order valence-corrected chi connectivity index (χ2v) is 6.16. The maximum atomic E-state index is 11.4. The fraction of sp³-hybridized carbons (Fsp3) is 0.357. The third-order valence-electron chi connectivity index (χ3n) is 3.81. The van der Waals surface area contributed by atoms with Gasteiger partial charge in [0, 0.05) is 17.3 Å². The number of nitro benzene ring substituents is 1. The quantitative estimate of drug-likeness (QED) is 0.664. The van der Waals surface area contributed by atoms with E-state index in [1.54, 1.807) is 10.7 Å². The molecule has 110 valence electrons. The van der Waals surface area contributed by atoms with Crippen molar-refractivity contribution in [2.75, 3.05) is 5.73 Å². The Morgan fingerprint density at radius 2 is 2.10 bits per heavy atom. The van der Waals surface area contributed by atoms with Crippen LogP contribution in [-0.4, -0.2) is 14.7 Å². The van der Waals surface area contributed by atoms with Gasteiger partial charge in [0.15, 0.2) is 5.69 Å². The molecule has 0 saturated heterocycles. The first-order chi connectivity index (χ1) is 9.99. The van der Waals surface area contributed by atoms with Crippen LogP contribution in [0, 0.1) is 17.0 Å². The van der Waals surface area contributed by atoms with E-state index < -0.39 is 0 Å². The predicted molar refractivity (Wildman–Crippen MR) is 83.7 cm³/mol. The van der Waals surface area contributed by atoms with Gasteiger partial charge in [-0.3, -0.25) is 10.1 Å². The van der Waals surface area contributed by atoms with Crippen LogP contribution < -0.4 is 5.73 Å². The fourth-order valence-corrected chi connectivity index (χ4v) is 3.61. The third kappa shape index (κ3) is 2.31. The third-order valence-corrected chi connectivity index (χ3v) is 4.41. The van der Waals surface area contributed by atoms with Crippen molar-refractivity contribution in [2.45, 2.75) is 32.6 Å². The van der Waals surface area contributed by atoms with E-state index in [-0.39, 0.29) is 10.6 Å². The van der Waals surface area contributed by atoms with Crippen LogP contribution in [0.2, 0.25) is 0 Å². The maximum absolute atomic E-state index is 11.4. The zero-order valence-electron chi connectivity index (χ0n) is 11.6. The molecular weight excluding hydrogens is 336 g/mol. The summed E-state index contributed by atoms with van der Waals surface area (Å²) in [6.07, 6.45) is 3.87. The molecule has 21 heavy (non-hydrogen) atoms. The summed E-state index contributed by atoms with van der Waals surface area (Å²) in [5.41, 5.74) is 9.33. The Hall–Kier alpha value is -1.89. The summed E-state index contributed by atoms with van der Waals surface area (Å²) in [6.45, 7) is 1.83. The molecule has 0 radical (unpaired) electrons. The lowest BCUT2D eigenvalue weighted by Crippen LogP contribution is -2.10. The maximum Gasteiger partial charge on any atom is 0.296 e. The van der Waals surface area contributed by atoms with E-state index >= 15 is 0 Å². The standard InChI is InChI=1S/C14H15BrN4O2/c1-8-6-10(15)13(12(7-8)19(20)21)18-11-5-3-2-4-9(11)14(16)17-18/h6-7H,2-5H2,1H3,(H2,16,17). The number of fused-ring (bicyclic) bond motifs is 1. The van der Waals surface area contributed by atoms with E-state index in [1.165, 1.54) is 0 Å². The number of nitro groups is 1.